The molecule has 0 aromatic heterocycles. The molecule has 0 radical (unpaired) electrons. The number of carbonyl (C=O) groups is 1. The van der Waals surface area contributed by atoms with E-state index in [1.807, 2.05) is 42.5 Å². The highest BCUT2D eigenvalue weighted by Gasteiger charge is 2.29. The molecule has 1 aliphatic rings. The molecule has 0 atom stereocenters. The highest BCUT2D eigenvalue weighted by molar-refractivity contribution is 9.09. The molecule has 2 rings (SSSR count). The van der Waals surface area contributed by atoms with Crippen LogP contribution in [0.3, 0.4) is 0 Å². The molecule has 4 heteroatoms. The molecule has 0 heterocycles. The summed E-state index contributed by atoms with van der Waals surface area (Å²) in [6.07, 6.45) is 4.37. The molecule has 1 aliphatic carbocycles. The summed E-state index contributed by atoms with van der Waals surface area (Å²) in [4.78, 5) is 16.0. The van der Waals surface area contributed by atoms with Gasteiger partial charge in [-0.25, -0.2) is 0 Å². The Morgan fingerprint density at radius 1 is 1.44 bits per heavy atom. The quantitative estimate of drug-likeness (QED) is 0.621. The van der Waals surface area contributed by atoms with Crippen molar-refractivity contribution in [1.82, 2.24) is 4.90 Å². The van der Waals surface area contributed by atoms with Crippen LogP contribution in [0.2, 0.25) is 0 Å². The molecule has 0 bridgehead atoms. The van der Waals surface area contributed by atoms with Crippen molar-refractivity contribution in [2.75, 3.05) is 19.8 Å². The van der Waals surface area contributed by atoms with E-state index in [2.05, 4.69) is 15.9 Å². The van der Waals surface area contributed by atoms with Crippen LogP contribution in [-0.2, 0) is 0 Å². The first-order chi connectivity index (χ1) is 8.61. The lowest BCUT2D eigenvalue weighted by atomic mass is 9.85. The fraction of sp³-hybridized carbons (Fsp3) is 0.500. The number of alkyl halides is 1. The van der Waals surface area contributed by atoms with Gasteiger partial charge < -0.3 is 4.90 Å². The van der Waals surface area contributed by atoms with Gasteiger partial charge in [0.1, 0.15) is 0 Å². The normalized spacial score (nSPS) is 22.4. The van der Waals surface area contributed by atoms with E-state index < -0.39 is 0 Å². The fourth-order valence-corrected chi connectivity index (χ4v) is 3.95. The number of thioether (sulfide) groups is 1. The van der Waals surface area contributed by atoms with E-state index in [0.29, 0.717) is 10.7 Å². The highest BCUT2D eigenvalue weighted by Crippen LogP contribution is 2.34. The molecule has 1 amide bonds. The maximum atomic E-state index is 12.4. The first-order valence-electron chi connectivity index (χ1n) is 6.14. The lowest BCUT2D eigenvalue weighted by molar-refractivity contribution is 0.0745. The van der Waals surface area contributed by atoms with Gasteiger partial charge in [0.25, 0.3) is 5.91 Å². The Hall–Kier alpha value is -0.480. The number of hydrogen-bond acceptors (Lipinski definition) is 2. The van der Waals surface area contributed by atoms with Crippen LogP contribution in [0.15, 0.2) is 29.2 Å². The Labute approximate surface area is 121 Å². The van der Waals surface area contributed by atoms with Gasteiger partial charge in [-0.2, -0.15) is 0 Å². The molecule has 0 spiro atoms. The number of rotatable bonds is 4. The molecule has 1 aromatic rings. The minimum atomic E-state index is 0.137. The van der Waals surface area contributed by atoms with E-state index in [1.54, 1.807) is 11.8 Å². The van der Waals surface area contributed by atoms with Gasteiger partial charge in [0.2, 0.25) is 0 Å². The maximum absolute atomic E-state index is 12.4. The molecular weight excluding hydrogens is 310 g/mol. The van der Waals surface area contributed by atoms with Gasteiger partial charge in [0.15, 0.2) is 0 Å². The van der Waals surface area contributed by atoms with E-state index >= 15 is 0 Å². The third kappa shape index (κ3) is 3.09. The van der Waals surface area contributed by atoms with Crippen LogP contribution < -0.4 is 0 Å². The largest absolute Gasteiger partial charge is 0.341 e. The zero-order valence-corrected chi connectivity index (χ0v) is 13.1. The Morgan fingerprint density at radius 2 is 2.11 bits per heavy atom. The smallest absolute Gasteiger partial charge is 0.254 e. The zero-order valence-electron chi connectivity index (χ0n) is 10.7. The lowest BCUT2D eigenvalue weighted by Crippen LogP contribution is -2.37. The summed E-state index contributed by atoms with van der Waals surface area (Å²) in [7, 11) is 1.90. The minimum Gasteiger partial charge on any atom is -0.341 e. The van der Waals surface area contributed by atoms with Crippen molar-refractivity contribution in [3.63, 3.8) is 0 Å². The second kappa shape index (κ2) is 6.11. The monoisotopic (exact) mass is 327 g/mol. The van der Waals surface area contributed by atoms with Crippen LogP contribution in [0.5, 0.6) is 0 Å². The number of halogens is 1. The van der Waals surface area contributed by atoms with Crippen LogP contribution in [0, 0.1) is 5.92 Å². The SMILES string of the molecule is CSc1ccccc1C(=O)N(C)CC1CC(Br)C1. The lowest BCUT2D eigenvalue weighted by Gasteiger charge is -2.34. The topological polar surface area (TPSA) is 20.3 Å². The van der Waals surface area contributed by atoms with E-state index in [9.17, 15) is 4.79 Å². The molecule has 2 nitrogen and oxygen atoms in total. The number of hydrogen-bond donors (Lipinski definition) is 0. The number of benzene rings is 1. The van der Waals surface area contributed by atoms with Crippen molar-refractivity contribution in [2.45, 2.75) is 22.6 Å². The summed E-state index contributed by atoms with van der Waals surface area (Å²) in [5.74, 6) is 0.794. The van der Waals surface area contributed by atoms with E-state index in [0.717, 1.165) is 17.0 Å². The molecule has 0 N–H and O–H groups in total. The first-order valence-corrected chi connectivity index (χ1v) is 8.28. The Bertz CT molecular complexity index is 432. The molecular formula is C14H18BrNOS. The van der Waals surface area contributed by atoms with Crippen LogP contribution in [-0.4, -0.2) is 35.5 Å². The number of amides is 1. The number of nitrogens with zero attached hydrogens (tertiary/aromatic N) is 1. The van der Waals surface area contributed by atoms with Crippen LogP contribution in [0.1, 0.15) is 23.2 Å². The molecule has 98 valence electrons. The summed E-state index contributed by atoms with van der Waals surface area (Å²) in [5, 5.41) is 0. The van der Waals surface area contributed by atoms with Gasteiger partial charge in [-0.3, -0.25) is 4.79 Å². The summed E-state index contributed by atoms with van der Waals surface area (Å²) in [6, 6.07) is 7.82. The predicted octanol–water partition coefficient (Wildman–Crippen LogP) is 3.65. The van der Waals surface area contributed by atoms with Crippen molar-refractivity contribution in [1.29, 1.82) is 0 Å². The predicted molar refractivity (Wildman–Crippen MR) is 80.6 cm³/mol. The second-order valence-electron chi connectivity index (χ2n) is 4.82. The third-order valence-electron chi connectivity index (χ3n) is 3.39. The van der Waals surface area contributed by atoms with Gasteiger partial charge in [0, 0.05) is 23.3 Å². The molecule has 1 fully saturated rings. The fourth-order valence-electron chi connectivity index (χ4n) is 2.30. The van der Waals surface area contributed by atoms with Crippen molar-refractivity contribution in [3.05, 3.63) is 29.8 Å². The van der Waals surface area contributed by atoms with Gasteiger partial charge >= 0.3 is 0 Å². The van der Waals surface area contributed by atoms with Crippen LogP contribution >= 0.6 is 27.7 Å². The Kier molecular flexibility index (Phi) is 4.73. The molecule has 1 aromatic carbocycles. The average Bonchev–Trinajstić information content (AvgIpc) is 2.35. The van der Waals surface area contributed by atoms with Gasteiger partial charge in [-0.15, -0.1) is 11.8 Å². The highest BCUT2D eigenvalue weighted by atomic mass is 79.9. The van der Waals surface area contributed by atoms with E-state index in [4.69, 9.17) is 0 Å². The third-order valence-corrected chi connectivity index (χ3v) is 4.94. The van der Waals surface area contributed by atoms with E-state index in [-0.39, 0.29) is 5.91 Å². The first kappa shape index (κ1) is 13.9. The standard InChI is InChI=1S/C14H18BrNOS/c1-16(9-10-7-11(15)8-10)14(17)12-5-3-4-6-13(12)18-2/h3-6,10-11H,7-9H2,1-2H3. The summed E-state index contributed by atoms with van der Waals surface area (Å²) < 4.78 is 0. The van der Waals surface area contributed by atoms with Crippen molar-refractivity contribution >= 4 is 33.6 Å². The minimum absolute atomic E-state index is 0.137. The summed E-state index contributed by atoms with van der Waals surface area (Å²) >= 11 is 5.21. The Morgan fingerprint density at radius 3 is 2.72 bits per heavy atom. The maximum Gasteiger partial charge on any atom is 0.254 e. The summed E-state index contributed by atoms with van der Waals surface area (Å²) in [6.45, 7) is 0.865. The van der Waals surface area contributed by atoms with Crippen LogP contribution in [0.4, 0.5) is 0 Å². The van der Waals surface area contributed by atoms with Gasteiger partial charge in [-0.1, -0.05) is 28.1 Å². The van der Waals surface area contributed by atoms with Gasteiger partial charge in [-0.05, 0) is 37.1 Å². The van der Waals surface area contributed by atoms with Crippen LogP contribution in [0.25, 0.3) is 0 Å². The molecule has 0 unspecified atom stereocenters. The van der Waals surface area contributed by atoms with Crippen molar-refractivity contribution < 1.29 is 4.79 Å². The molecule has 0 saturated heterocycles. The summed E-state index contributed by atoms with van der Waals surface area (Å²) in [5.41, 5.74) is 0.821. The second-order valence-corrected chi connectivity index (χ2v) is 6.96. The molecule has 0 aliphatic heterocycles. The van der Waals surface area contributed by atoms with Crippen molar-refractivity contribution in [2.24, 2.45) is 5.92 Å². The molecule has 1 saturated carbocycles. The Balaban J connectivity index is 2.01. The average molecular weight is 328 g/mol. The van der Waals surface area contributed by atoms with Gasteiger partial charge in [0.05, 0.1) is 5.56 Å². The van der Waals surface area contributed by atoms with Crippen molar-refractivity contribution in [3.8, 4) is 0 Å². The molecule has 18 heavy (non-hydrogen) atoms. The van der Waals surface area contributed by atoms with E-state index in [1.165, 1.54) is 12.8 Å². The number of carbonyl (C=O) groups excluding carboxylic acids is 1. The zero-order chi connectivity index (χ0) is 13.1.